The van der Waals surface area contributed by atoms with Gasteiger partial charge in [-0.05, 0) is 5.56 Å². The first-order chi connectivity index (χ1) is 8.38. The van der Waals surface area contributed by atoms with Crippen LogP contribution in [0.1, 0.15) is 17.5 Å². The third-order valence-electron chi connectivity index (χ3n) is 4.12. The molecule has 100 valence electrons. The standard InChI is InChI=1S/C16H28N2/c1-17(2,3)11-7-12-18(4)13-10-15-8-5-6-9-16(15)14-18/h5-6,8-9H,7,10-14H2,1-4H3/q+2. The van der Waals surface area contributed by atoms with E-state index in [9.17, 15) is 0 Å². The summed E-state index contributed by atoms with van der Waals surface area (Å²) in [6.45, 7) is 5.10. The van der Waals surface area contributed by atoms with Crippen molar-refractivity contribution < 1.29 is 8.97 Å². The lowest BCUT2D eigenvalue weighted by molar-refractivity contribution is -0.930. The summed E-state index contributed by atoms with van der Waals surface area (Å²) in [6, 6.07) is 8.96. The first-order valence-corrected chi connectivity index (χ1v) is 7.09. The molecule has 0 saturated heterocycles. The minimum atomic E-state index is 1.08. The number of likely N-dealkylation sites (N-methyl/N-ethyl adjacent to an activating group) is 1. The zero-order chi connectivity index (χ0) is 13.2. The van der Waals surface area contributed by atoms with Crippen molar-refractivity contribution in [2.24, 2.45) is 0 Å². The molecule has 0 aliphatic carbocycles. The van der Waals surface area contributed by atoms with Gasteiger partial charge in [0.1, 0.15) is 6.54 Å². The number of fused-ring (bicyclic) bond motifs is 1. The molecule has 1 aromatic carbocycles. The third-order valence-corrected chi connectivity index (χ3v) is 4.12. The smallest absolute Gasteiger partial charge is 0.104 e. The van der Waals surface area contributed by atoms with Gasteiger partial charge in [0.15, 0.2) is 0 Å². The van der Waals surface area contributed by atoms with Gasteiger partial charge in [0.2, 0.25) is 0 Å². The van der Waals surface area contributed by atoms with Crippen molar-refractivity contribution in [2.75, 3.05) is 47.8 Å². The maximum atomic E-state index is 2.42. The average Bonchev–Trinajstić information content (AvgIpc) is 2.27. The molecule has 0 aromatic heterocycles. The summed E-state index contributed by atoms with van der Waals surface area (Å²) in [6.07, 6.45) is 2.57. The Morgan fingerprint density at radius 2 is 1.78 bits per heavy atom. The molecule has 1 heterocycles. The Bertz CT molecular complexity index is 406. The number of quaternary nitrogens is 2. The number of hydrogen-bond donors (Lipinski definition) is 0. The Morgan fingerprint density at radius 3 is 2.44 bits per heavy atom. The molecule has 0 fully saturated rings. The van der Waals surface area contributed by atoms with Crippen LogP contribution in [-0.2, 0) is 13.0 Å². The predicted molar refractivity (Wildman–Crippen MR) is 77.3 cm³/mol. The molecular weight excluding hydrogens is 220 g/mol. The van der Waals surface area contributed by atoms with E-state index in [-0.39, 0.29) is 0 Å². The monoisotopic (exact) mass is 248 g/mol. The van der Waals surface area contributed by atoms with Crippen LogP contribution >= 0.6 is 0 Å². The van der Waals surface area contributed by atoms with Crippen LogP contribution in [0.25, 0.3) is 0 Å². The van der Waals surface area contributed by atoms with Gasteiger partial charge in [0, 0.05) is 18.4 Å². The fraction of sp³-hybridized carbons (Fsp3) is 0.625. The maximum absolute atomic E-state index is 2.42. The Hall–Kier alpha value is -0.860. The first kappa shape index (κ1) is 13.6. The molecule has 2 nitrogen and oxygen atoms in total. The molecule has 2 rings (SSSR count). The van der Waals surface area contributed by atoms with E-state index in [1.54, 1.807) is 11.1 Å². The second kappa shape index (κ2) is 5.02. The normalized spacial score (nSPS) is 23.8. The zero-order valence-corrected chi connectivity index (χ0v) is 12.4. The van der Waals surface area contributed by atoms with Crippen molar-refractivity contribution in [1.82, 2.24) is 0 Å². The summed E-state index contributed by atoms with van der Waals surface area (Å²) in [5.41, 5.74) is 3.14. The molecule has 1 atom stereocenters. The Labute approximate surface area is 112 Å². The molecule has 1 unspecified atom stereocenters. The Kier molecular flexibility index (Phi) is 3.79. The molecule has 0 saturated carbocycles. The molecule has 1 aliphatic rings. The largest absolute Gasteiger partial charge is 0.331 e. The van der Waals surface area contributed by atoms with Crippen LogP contribution in [0, 0.1) is 0 Å². The minimum Gasteiger partial charge on any atom is -0.331 e. The van der Waals surface area contributed by atoms with Gasteiger partial charge < -0.3 is 8.97 Å². The zero-order valence-electron chi connectivity index (χ0n) is 12.4. The van der Waals surface area contributed by atoms with Crippen molar-refractivity contribution in [1.29, 1.82) is 0 Å². The summed E-state index contributed by atoms with van der Waals surface area (Å²) in [4.78, 5) is 0. The van der Waals surface area contributed by atoms with Crippen LogP contribution in [0.15, 0.2) is 24.3 Å². The Morgan fingerprint density at radius 1 is 1.11 bits per heavy atom. The predicted octanol–water partition coefficient (Wildman–Crippen LogP) is 2.29. The molecule has 0 radical (unpaired) electrons. The van der Waals surface area contributed by atoms with Crippen molar-refractivity contribution in [3.05, 3.63) is 35.4 Å². The van der Waals surface area contributed by atoms with Crippen molar-refractivity contribution in [3.63, 3.8) is 0 Å². The molecule has 0 bridgehead atoms. The molecular formula is C16H28N2+2. The summed E-state index contributed by atoms with van der Waals surface area (Å²) < 4.78 is 2.30. The summed E-state index contributed by atoms with van der Waals surface area (Å²) in [5, 5.41) is 0. The highest BCUT2D eigenvalue weighted by atomic mass is 15.3. The van der Waals surface area contributed by atoms with Crippen LogP contribution in [-0.4, -0.2) is 56.8 Å². The molecule has 0 N–H and O–H groups in total. The fourth-order valence-electron chi connectivity index (χ4n) is 2.95. The van der Waals surface area contributed by atoms with Crippen LogP contribution in [0.2, 0.25) is 0 Å². The van der Waals surface area contributed by atoms with Gasteiger partial charge in [-0.25, -0.2) is 0 Å². The van der Waals surface area contributed by atoms with Gasteiger partial charge in [-0.3, -0.25) is 0 Å². The lowest BCUT2D eigenvalue weighted by Gasteiger charge is -2.39. The van der Waals surface area contributed by atoms with E-state index in [0.717, 1.165) is 4.48 Å². The van der Waals surface area contributed by atoms with Crippen molar-refractivity contribution in [2.45, 2.75) is 19.4 Å². The quantitative estimate of drug-likeness (QED) is 0.717. The number of rotatable bonds is 4. The highest BCUT2D eigenvalue weighted by molar-refractivity contribution is 5.27. The molecule has 2 heteroatoms. The van der Waals surface area contributed by atoms with E-state index in [0.29, 0.717) is 0 Å². The number of nitrogens with zero attached hydrogens (tertiary/aromatic N) is 2. The van der Waals surface area contributed by atoms with Crippen molar-refractivity contribution >= 4 is 0 Å². The second-order valence-electron chi connectivity index (χ2n) is 7.11. The fourth-order valence-corrected chi connectivity index (χ4v) is 2.95. The van der Waals surface area contributed by atoms with Gasteiger partial charge in [0.25, 0.3) is 0 Å². The van der Waals surface area contributed by atoms with Gasteiger partial charge in [-0.2, -0.15) is 0 Å². The first-order valence-electron chi connectivity index (χ1n) is 7.09. The third kappa shape index (κ3) is 3.56. The SMILES string of the molecule is C[N+](C)(C)CCC[N+]1(C)CCc2ccccc2C1. The molecule has 18 heavy (non-hydrogen) atoms. The lowest BCUT2D eigenvalue weighted by Crippen LogP contribution is -2.49. The van der Waals surface area contributed by atoms with Crippen LogP contribution in [0.3, 0.4) is 0 Å². The van der Waals surface area contributed by atoms with E-state index < -0.39 is 0 Å². The molecule has 0 amide bonds. The van der Waals surface area contributed by atoms with Crippen LogP contribution in [0.5, 0.6) is 0 Å². The number of benzene rings is 1. The van der Waals surface area contributed by atoms with Crippen LogP contribution < -0.4 is 0 Å². The van der Waals surface area contributed by atoms with Crippen molar-refractivity contribution in [3.8, 4) is 0 Å². The average molecular weight is 248 g/mol. The molecule has 0 spiro atoms. The minimum absolute atomic E-state index is 1.08. The van der Waals surface area contributed by atoms with Gasteiger partial charge in [-0.1, -0.05) is 24.3 Å². The van der Waals surface area contributed by atoms with Gasteiger partial charge in [0.05, 0.1) is 47.8 Å². The summed E-state index contributed by atoms with van der Waals surface area (Å²) in [5.74, 6) is 0. The van der Waals surface area contributed by atoms with Gasteiger partial charge >= 0.3 is 0 Å². The topological polar surface area (TPSA) is 0 Å². The van der Waals surface area contributed by atoms with E-state index >= 15 is 0 Å². The maximum Gasteiger partial charge on any atom is 0.104 e. The van der Waals surface area contributed by atoms with Crippen LogP contribution in [0.4, 0.5) is 0 Å². The number of hydrogen-bond acceptors (Lipinski definition) is 0. The molecule has 1 aliphatic heterocycles. The highest BCUT2D eigenvalue weighted by Crippen LogP contribution is 2.23. The van der Waals surface area contributed by atoms with E-state index in [1.165, 1.54) is 43.5 Å². The van der Waals surface area contributed by atoms with E-state index in [1.807, 2.05) is 0 Å². The summed E-state index contributed by atoms with van der Waals surface area (Å²) in [7, 11) is 9.27. The highest BCUT2D eigenvalue weighted by Gasteiger charge is 2.28. The molecule has 1 aromatic rings. The van der Waals surface area contributed by atoms with E-state index in [2.05, 4.69) is 52.5 Å². The Balaban J connectivity index is 1.94. The summed E-state index contributed by atoms with van der Waals surface area (Å²) >= 11 is 0. The van der Waals surface area contributed by atoms with Gasteiger partial charge in [-0.15, -0.1) is 0 Å². The second-order valence-corrected chi connectivity index (χ2v) is 7.11. The van der Waals surface area contributed by atoms with E-state index in [4.69, 9.17) is 0 Å². The lowest BCUT2D eigenvalue weighted by atomic mass is 9.98.